The lowest BCUT2D eigenvalue weighted by Crippen LogP contribution is -2.17. The molecule has 0 saturated carbocycles. The van der Waals surface area contributed by atoms with Gasteiger partial charge in [0.2, 0.25) is 5.91 Å². The van der Waals surface area contributed by atoms with E-state index in [0.717, 1.165) is 11.8 Å². The largest absolute Gasteiger partial charge is 0.360 e. The maximum absolute atomic E-state index is 13.3. The first-order valence-corrected chi connectivity index (χ1v) is 11.0. The van der Waals surface area contributed by atoms with Gasteiger partial charge in [-0.2, -0.15) is 0 Å². The molecule has 29 heavy (non-hydrogen) atoms. The van der Waals surface area contributed by atoms with Gasteiger partial charge in [-0.05, 0) is 31.2 Å². The predicted octanol–water partition coefficient (Wildman–Crippen LogP) is 3.30. The van der Waals surface area contributed by atoms with E-state index >= 15 is 0 Å². The average molecular weight is 428 g/mol. The number of rotatable bonds is 6. The first-order valence-electron chi connectivity index (χ1n) is 8.59. The minimum absolute atomic E-state index is 0.0421. The third-order valence-electron chi connectivity index (χ3n) is 4.00. The normalized spacial score (nSPS) is 11.6. The van der Waals surface area contributed by atoms with Crippen molar-refractivity contribution in [2.24, 2.45) is 0 Å². The van der Waals surface area contributed by atoms with E-state index in [9.17, 15) is 13.2 Å². The van der Waals surface area contributed by atoms with Crippen LogP contribution < -0.4 is 5.32 Å². The highest BCUT2D eigenvalue weighted by atomic mass is 32.2. The standard InChI is InChI=1S/C19H16N4O4S2/c1-13-11-17(22-27-13)21-18(24)12-28-19-20-15-9-5-6-10-16(15)23(19)29(25,26)14-7-3-2-4-8-14/h2-11H,12H2,1H3,(H,21,22,24). The van der Waals surface area contributed by atoms with E-state index in [1.165, 1.54) is 16.1 Å². The van der Waals surface area contributed by atoms with Crippen LogP contribution in [-0.2, 0) is 14.8 Å². The predicted molar refractivity (Wildman–Crippen MR) is 109 cm³/mol. The number of fused-ring (bicyclic) bond motifs is 1. The van der Waals surface area contributed by atoms with Gasteiger partial charge >= 0.3 is 0 Å². The number of amides is 1. The van der Waals surface area contributed by atoms with Crippen LogP contribution in [-0.4, -0.2) is 34.2 Å². The summed E-state index contributed by atoms with van der Waals surface area (Å²) in [6.45, 7) is 1.72. The summed E-state index contributed by atoms with van der Waals surface area (Å²) in [5.74, 6) is 0.487. The van der Waals surface area contributed by atoms with Gasteiger partial charge in [0.1, 0.15) is 5.76 Å². The van der Waals surface area contributed by atoms with E-state index in [4.69, 9.17) is 4.52 Å². The lowest BCUT2D eigenvalue weighted by Gasteiger charge is -2.10. The summed E-state index contributed by atoms with van der Waals surface area (Å²) in [6.07, 6.45) is 0. The number of thioether (sulfide) groups is 1. The van der Waals surface area contributed by atoms with Crippen LogP contribution >= 0.6 is 11.8 Å². The molecule has 8 nitrogen and oxygen atoms in total. The summed E-state index contributed by atoms with van der Waals surface area (Å²) in [4.78, 5) is 16.8. The van der Waals surface area contributed by atoms with E-state index in [-0.39, 0.29) is 21.7 Å². The number of aromatic nitrogens is 3. The minimum atomic E-state index is -3.88. The summed E-state index contributed by atoms with van der Waals surface area (Å²) in [5, 5.41) is 6.52. The number of imidazole rings is 1. The highest BCUT2D eigenvalue weighted by molar-refractivity contribution is 8.00. The molecule has 1 N–H and O–H groups in total. The topological polar surface area (TPSA) is 107 Å². The lowest BCUT2D eigenvalue weighted by atomic mass is 10.3. The van der Waals surface area contributed by atoms with Crippen molar-refractivity contribution in [3.05, 3.63) is 66.4 Å². The summed E-state index contributed by atoms with van der Waals surface area (Å²) in [5.41, 5.74) is 0.980. The Hall–Kier alpha value is -3.11. The average Bonchev–Trinajstić information content (AvgIpc) is 3.30. The van der Waals surface area contributed by atoms with Crippen LogP contribution in [0.5, 0.6) is 0 Å². The second-order valence-electron chi connectivity index (χ2n) is 6.13. The fourth-order valence-corrected chi connectivity index (χ4v) is 5.27. The smallest absolute Gasteiger partial charge is 0.270 e. The van der Waals surface area contributed by atoms with Crippen molar-refractivity contribution in [1.82, 2.24) is 14.1 Å². The van der Waals surface area contributed by atoms with Crippen molar-refractivity contribution in [2.75, 3.05) is 11.1 Å². The number of hydrogen-bond acceptors (Lipinski definition) is 7. The monoisotopic (exact) mass is 428 g/mol. The molecule has 0 saturated heterocycles. The van der Waals surface area contributed by atoms with Gasteiger partial charge < -0.3 is 9.84 Å². The highest BCUT2D eigenvalue weighted by Gasteiger charge is 2.25. The lowest BCUT2D eigenvalue weighted by molar-refractivity contribution is -0.113. The summed E-state index contributed by atoms with van der Waals surface area (Å²) < 4.78 is 32.6. The van der Waals surface area contributed by atoms with Crippen molar-refractivity contribution >= 4 is 44.5 Å². The number of carbonyl (C=O) groups is 1. The van der Waals surface area contributed by atoms with Gasteiger partial charge in [-0.1, -0.05) is 47.3 Å². The zero-order chi connectivity index (χ0) is 20.4. The number of carbonyl (C=O) groups excluding carboxylic acids is 1. The van der Waals surface area contributed by atoms with Crippen molar-refractivity contribution in [1.29, 1.82) is 0 Å². The number of aryl methyl sites for hydroxylation is 1. The molecular formula is C19H16N4O4S2. The van der Waals surface area contributed by atoms with Crippen molar-refractivity contribution < 1.29 is 17.7 Å². The maximum atomic E-state index is 13.3. The molecule has 0 aliphatic rings. The molecule has 0 aliphatic carbocycles. The van der Waals surface area contributed by atoms with E-state index in [2.05, 4.69) is 15.5 Å². The van der Waals surface area contributed by atoms with Crippen LogP contribution in [0.3, 0.4) is 0 Å². The molecule has 2 aromatic heterocycles. The zero-order valence-electron chi connectivity index (χ0n) is 15.3. The second-order valence-corrected chi connectivity index (χ2v) is 8.85. The number of nitrogens with zero attached hydrogens (tertiary/aromatic N) is 3. The number of para-hydroxylation sites is 2. The third-order valence-corrected chi connectivity index (χ3v) is 6.77. The van der Waals surface area contributed by atoms with Crippen LogP contribution in [0.25, 0.3) is 11.0 Å². The quantitative estimate of drug-likeness (QED) is 0.470. The van der Waals surface area contributed by atoms with Gasteiger partial charge in [0.15, 0.2) is 11.0 Å². The Labute approximate surface area is 171 Å². The Morgan fingerprint density at radius 1 is 1.14 bits per heavy atom. The fourth-order valence-electron chi connectivity index (χ4n) is 2.74. The Morgan fingerprint density at radius 2 is 1.86 bits per heavy atom. The molecule has 4 rings (SSSR count). The first-order chi connectivity index (χ1) is 13.9. The van der Waals surface area contributed by atoms with Crippen LogP contribution in [0.1, 0.15) is 5.76 Å². The Kier molecular flexibility index (Phi) is 5.12. The molecule has 148 valence electrons. The maximum Gasteiger partial charge on any atom is 0.270 e. The van der Waals surface area contributed by atoms with E-state index in [1.807, 2.05) is 0 Å². The van der Waals surface area contributed by atoms with E-state index < -0.39 is 10.0 Å². The Bertz CT molecular complexity index is 1280. The molecular weight excluding hydrogens is 412 g/mol. The number of nitrogens with one attached hydrogen (secondary N) is 1. The van der Waals surface area contributed by atoms with Gasteiger partial charge in [0.05, 0.1) is 21.7 Å². The van der Waals surface area contributed by atoms with Crippen LogP contribution in [0.4, 0.5) is 5.82 Å². The van der Waals surface area contributed by atoms with Gasteiger partial charge in [-0.3, -0.25) is 4.79 Å². The molecule has 0 fully saturated rings. The molecule has 0 bridgehead atoms. The van der Waals surface area contributed by atoms with Crippen LogP contribution in [0, 0.1) is 6.92 Å². The van der Waals surface area contributed by atoms with E-state index in [0.29, 0.717) is 22.6 Å². The van der Waals surface area contributed by atoms with Crippen molar-refractivity contribution in [2.45, 2.75) is 17.0 Å². The van der Waals surface area contributed by atoms with Gasteiger partial charge in [-0.15, -0.1) is 0 Å². The molecule has 4 aromatic rings. The Morgan fingerprint density at radius 3 is 2.59 bits per heavy atom. The van der Waals surface area contributed by atoms with Crippen molar-refractivity contribution in [3.63, 3.8) is 0 Å². The molecule has 10 heteroatoms. The zero-order valence-corrected chi connectivity index (χ0v) is 16.9. The molecule has 1 amide bonds. The second kappa shape index (κ2) is 7.72. The summed E-state index contributed by atoms with van der Waals surface area (Å²) in [7, 11) is -3.88. The molecule has 0 spiro atoms. The third kappa shape index (κ3) is 3.89. The van der Waals surface area contributed by atoms with Crippen molar-refractivity contribution in [3.8, 4) is 0 Å². The number of hydrogen-bond donors (Lipinski definition) is 1. The SMILES string of the molecule is Cc1cc(NC(=O)CSc2nc3ccccc3n2S(=O)(=O)c2ccccc2)no1. The van der Waals surface area contributed by atoms with Gasteiger partial charge in [-0.25, -0.2) is 17.4 Å². The van der Waals surface area contributed by atoms with Gasteiger partial charge in [0, 0.05) is 6.07 Å². The molecule has 0 radical (unpaired) electrons. The molecule has 0 atom stereocenters. The van der Waals surface area contributed by atoms with Crippen LogP contribution in [0.2, 0.25) is 0 Å². The molecule has 0 unspecified atom stereocenters. The highest BCUT2D eigenvalue weighted by Crippen LogP contribution is 2.29. The fraction of sp³-hybridized carbons (Fsp3) is 0.105. The first kappa shape index (κ1) is 19.2. The van der Waals surface area contributed by atoms with Crippen LogP contribution in [0.15, 0.2) is 75.2 Å². The summed E-state index contributed by atoms with van der Waals surface area (Å²) >= 11 is 1.03. The number of anilines is 1. The molecule has 0 aliphatic heterocycles. The molecule has 2 aromatic carbocycles. The van der Waals surface area contributed by atoms with E-state index in [1.54, 1.807) is 55.5 Å². The Balaban J connectivity index is 1.66. The summed E-state index contributed by atoms with van der Waals surface area (Å²) in [6, 6.07) is 16.7. The molecule has 2 heterocycles. The number of benzene rings is 2. The minimum Gasteiger partial charge on any atom is -0.360 e. The van der Waals surface area contributed by atoms with Gasteiger partial charge in [0.25, 0.3) is 10.0 Å².